The molecule has 1 amide bonds. The van der Waals surface area contributed by atoms with Gasteiger partial charge < -0.3 is 5.32 Å². The summed E-state index contributed by atoms with van der Waals surface area (Å²) in [6.07, 6.45) is 0. The van der Waals surface area contributed by atoms with Gasteiger partial charge in [-0.15, -0.1) is 0 Å². The molecule has 0 aliphatic carbocycles. The molecule has 0 saturated carbocycles. The molecule has 1 rings (SSSR count). The zero-order valence-electron chi connectivity index (χ0n) is 7.37. The fourth-order valence-corrected chi connectivity index (χ4v) is 1.01. The van der Waals surface area contributed by atoms with Crippen molar-refractivity contribution >= 4 is 11.6 Å². The van der Waals surface area contributed by atoms with Crippen LogP contribution >= 0.6 is 0 Å². The minimum absolute atomic E-state index is 0.434. The number of hydroxylamine groups is 1. The van der Waals surface area contributed by atoms with Crippen molar-refractivity contribution < 1.29 is 10.0 Å². The van der Waals surface area contributed by atoms with Gasteiger partial charge in [-0.2, -0.15) is 0 Å². The van der Waals surface area contributed by atoms with E-state index in [1.54, 1.807) is 29.7 Å². The lowest BCUT2D eigenvalue weighted by Gasteiger charge is -2.03. The fraction of sp³-hybridized carbons (Fsp3) is 0.222. The number of amides is 1. The molecule has 0 spiro atoms. The summed E-state index contributed by atoms with van der Waals surface area (Å²) in [5, 5.41) is 11.4. The van der Waals surface area contributed by atoms with Crippen LogP contribution in [0.3, 0.4) is 0 Å². The maximum atomic E-state index is 10.9. The topological polar surface area (TPSA) is 61.4 Å². The number of rotatable bonds is 3. The summed E-state index contributed by atoms with van der Waals surface area (Å²) in [6, 6.07) is 6.86. The van der Waals surface area contributed by atoms with Crippen LogP contribution in [-0.2, 0) is 0 Å². The Hall–Kier alpha value is -1.55. The smallest absolute Gasteiger partial charge is 0.274 e. The number of anilines is 1. The summed E-state index contributed by atoms with van der Waals surface area (Å²) >= 11 is 0. The lowest BCUT2D eigenvalue weighted by atomic mass is 10.2. The van der Waals surface area contributed by atoms with Crippen molar-refractivity contribution in [1.82, 2.24) is 5.48 Å². The van der Waals surface area contributed by atoms with E-state index in [1.165, 1.54) is 0 Å². The van der Waals surface area contributed by atoms with Crippen LogP contribution in [0.25, 0.3) is 0 Å². The quantitative estimate of drug-likeness (QED) is 0.484. The molecule has 0 aliphatic rings. The number of nitrogens with one attached hydrogen (secondary N) is 2. The highest BCUT2D eigenvalue weighted by molar-refractivity contribution is 5.93. The van der Waals surface area contributed by atoms with Gasteiger partial charge in [0.15, 0.2) is 0 Å². The number of benzene rings is 1. The molecule has 1 aromatic carbocycles. The molecule has 0 unspecified atom stereocenters. The molecule has 0 atom stereocenters. The van der Waals surface area contributed by atoms with Crippen LogP contribution in [0.4, 0.5) is 5.69 Å². The zero-order chi connectivity index (χ0) is 9.68. The van der Waals surface area contributed by atoms with E-state index in [1.807, 2.05) is 6.92 Å². The summed E-state index contributed by atoms with van der Waals surface area (Å²) < 4.78 is 0. The van der Waals surface area contributed by atoms with Gasteiger partial charge in [-0.3, -0.25) is 10.0 Å². The first-order chi connectivity index (χ1) is 6.27. The van der Waals surface area contributed by atoms with E-state index in [0.29, 0.717) is 5.56 Å². The Morgan fingerprint density at radius 2 is 2.00 bits per heavy atom. The third-order valence-electron chi connectivity index (χ3n) is 1.63. The van der Waals surface area contributed by atoms with E-state index in [9.17, 15) is 4.79 Å². The zero-order valence-corrected chi connectivity index (χ0v) is 7.37. The van der Waals surface area contributed by atoms with Crippen LogP contribution in [0.1, 0.15) is 17.3 Å². The fourth-order valence-electron chi connectivity index (χ4n) is 1.01. The Balaban J connectivity index is 2.75. The number of carbonyl (C=O) groups excluding carboxylic acids is 1. The molecule has 4 nitrogen and oxygen atoms in total. The highest BCUT2D eigenvalue weighted by atomic mass is 16.5. The average molecular weight is 180 g/mol. The Morgan fingerprint density at radius 3 is 2.46 bits per heavy atom. The predicted octanol–water partition coefficient (Wildman–Crippen LogP) is 1.24. The third kappa shape index (κ3) is 2.45. The van der Waals surface area contributed by atoms with Gasteiger partial charge in [-0.25, -0.2) is 5.48 Å². The molecule has 0 aliphatic heterocycles. The summed E-state index contributed by atoms with van der Waals surface area (Å²) in [4.78, 5) is 10.9. The number of hydrogen-bond donors (Lipinski definition) is 3. The van der Waals surface area contributed by atoms with Gasteiger partial charge in [0.1, 0.15) is 0 Å². The Labute approximate surface area is 76.5 Å². The SMILES string of the molecule is CCNc1ccc(C(=O)NO)cc1. The van der Waals surface area contributed by atoms with Gasteiger partial charge >= 0.3 is 0 Å². The van der Waals surface area contributed by atoms with E-state index in [0.717, 1.165) is 12.2 Å². The second kappa shape index (κ2) is 4.47. The van der Waals surface area contributed by atoms with Gasteiger partial charge in [-0.1, -0.05) is 0 Å². The van der Waals surface area contributed by atoms with Crippen LogP contribution in [0.2, 0.25) is 0 Å². The largest absolute Gasteiger partial charge is 0.385 e. The van der Waals surface area contributed by atoms with Gasteiger partial charge in [0.05, 0.1) is 0 Å². The first-order valence-corrected chi connectivity index (χ1v) is 4.06. The average Bonchev–Trinajstić information content (AvgIpc) is 2.18. The second-order valence-corrected chi connectivity index (χ2v) is 2.55. The highest BCUT2D eigenvalue weighted by Gasteiger charge is 2.01. The van der Waals surface area contributed by atoms with Gasteiger partial charge in [-0.05, 0) is 31.2 Å². The molecule has 0 heterocycles. The lowest BCUT2D eigenvalue weighted by molar-refractivity contribution is 0.0706. The maximum absolute atomic E-state index is 10.9. The molecule has 13 heavy (non-hydrogen) atoms. The molecule has 0 radical (unpaired) electrons. The van der Waals surface area contributed by atoms with Crippen LogP contribution in [0.5, 0.6) is 0 Å². The normalized spacial score (nSPS) is 9.38. The molecule has 4 heteroatoms. The summed E-state index contributed by atoms with van der Waals surface area (Å²) in [7, 11) is 0. The second-order valence-electron chi connectivity index (χ2n) is 2.55. The van der Waals surface area contributed by atoms with E-state index >= 15 is 0 Å². The van der Waals surface area contributed by atoms with E-state index < -0.39 is 5.91 Å². The van der Waals surface area contributed by atoms with Crippen molar-refractivity contribution in [2.75, 3.05) is 11.9 Å². The third-order valence-corrected chi connectivity index (χ3v) is 1.63. The van der Waals surface area contributed by atoms with Crippen molar-refractivity contribution in [2.45, 2.75) is 6.92 Å². The number of hydrogen-bond acceptors (Lipinski definition) is 3. The van der Waals surface area contributed by atoms with Crippen LogP contribution in [-0.4, -0.2) is 17.7 Å². The summed E-state index contributed by atoms with van der Waals surface area (Å²) in [6.45, 7) is 2.83. The summed E-state index contributed by atoms with van der Waals surface area (Å²) in [5.74, 6) is -0.497. The molecule has 0 aromatic heterocycles. The molecule has 3 N–H and O–H groups in total. The van der Waals surface area contributed by atoms with E-state index in [-0.39, 0.29) is 0 Å². The minimum atomic E-state index is -0.497. The lowest BCUT2D eigenvalue weighted by Crippen LogP contribution is -2.18. The van der Waals surface area contributed by atoms with Crippen molar-refractivity contribution in [3.8, 4) is 0 Å². The Morgan fingerprint density at radius 1 is 1.38 bits per heavy atom. The Kier molecular flexibility index (Phi) is 3.28. The van der Waals surface area contributed by atoms with Crippen molar-refractivity contribution in [2.24, 2.45) is 0 Å². The molecular weight excluding hydrogens is 168 g/mol. The summed E-state index contributed by atoms with van der Waals surface area (Å²) in [5.41, 5.74) is 2.96. The maximum Gasteiger partial charge on any atom is 0.274 e. The monoisotopic (exact) mass is 180 g/mol. The van der Waals surface area contributed by atoms with Crippen molar-refractivity contribution in [3.63, 3.8) is 0 Å². The Bertz CT molecular complexity index is 282. The molecule has 0 bridgehead atoms. The van der Waals surface area contributed by atoms with Crippen LogP contribution < -0.4 is 10.8 Å². The molecule has 1 aromatic rings. The van der Waals surface area contributed by atoms with Crippen LogP contribution in [0, 0.1) is 0 Å². The van der Waals surface area contributed by atoms with E-state index in [4.69, 9.17) is 5.21 Å². The standard InChI is InChI=1S/C9H12N2O2/c1-2-10-8-5-3-7(4-6-8)9(12)11-13/h3-6,10,13H,2H2,1H3,(H,11,12). The molecule has 0 fully saturated rings. The van der Waals surface area contributed by atoms with Gasteiger partial charge in [0.2, 0.25) is 0 Å². The minimum Gasteiger partial charge on any atom is -0.385 e. The highest BCUT2D eigenvalue weighted by Crippen LogP contribution is 2.08. The van der Waals surface area contributed by atoms with Gasteiger partial charge in [0, 0.05) is 17.8 Å². The molecule has 0 saturated heterocycles. The molecular formula is C9H12N2O2. The first-order valence-electron chi connectivity index (χ1n) is 4.06. The van der Waals surface area contributed by atoms with Crippen molar-refractivity contribution in [1.29, 1.82) is 0 Å². The predicted molar refractivity (Wildman–Crippen MR) is 49.9 cm³/mol. The van der Waals surface area contributed by atoms with E-state index in [2.05, 4.69) is 5.32 Å². The molecule has 70 valence electrons. The van der Waals surface area contributed by atoms with Crippen molar-refractivity contribution in [3.05, 3.63) is 29.8 Å². The van der Waals surface area contributed by atoms with Gasteiger partial charge in [0.25, 0.3) is 5.91 Å². The first kappa shape index (κ1) is 9.54. The number of carbonyl (C=O) groups is 1. The van der Waals surface area contributed by atoms with Crippen LogP contribution in [0.15, 0.2) is 24.3 Å².